The molecule has 0 aliphatic heterocycles. The summed E-state index contributed by atoms with van der Waals surface area (Å²) in [7, 11) is 0. The Labute approximate surface area is 206 Å². The van der Waals surface area contributed by atoms with Gasteiger partial charge in [-0.15, -0.1) is 0 Å². The van der Waals surface area contributed by atoms with Crippen molar-refractivity contribution in [1.29, 1.82) is 0 Å². The molecule has 0 bridgehead atoms. The number of rotatable bonds is 8. The maximum Gasteiger partial charge on any atom is 0.416 e. The summed E-state index contributed by atoms with van der Waals surface area (Å²) in [5, 5.41) is 3.83. The molecule has 0 saturated heterocycles. The van der Waals surface area contributed by atoms with Crippen molar-refractivity contribution >= 4 is 34.7 Å². The maximum absolute atomic E-state index is 13.9. The Morgan fingerprint density at radius 1 is 1.09 bits per heavy atom. The van der Waals surface area contributed by atoms with Gasteiger partial charge in [-0.3, -0.25) is 4.79 Å². The number of hydrogen-bond acceptors (Lipinski definition) is 4. The van der Waals surface area contributed by atoms with Gasteiger partial charge in [-0.1, -0.05) is 24.3 Å². The van der Waals surface area contributed by atoms with Gasteiger partial charge in [0.2, 0.25) is 0 Å². The summed E-state index contributed by atoms with van der Waals surface area (Å²) in [6.45, 7) is 2.14. The lowest BCUT2D eigenvalue weighted by Gasteiger charge is -2.15. The minimum absolute atomic E-state index is 0.00321. The quantitative estimate of drug-likeness (QED) is 0.148. The van der Waals surface area contributed by atoms with E-state index in [1.165, 1.54) is 18.3 Å². The van der Waals surface area contributed by atoms with E-state index in [2.05, 4.69) is 10.5 Å². The summed E-state index contributed by atoms with van der Waals surface area (Å²) in [6.07, 6.45) is -3.22. The van der Waals surface area contributed by atoms with Gasteiger partial charge in [-0.2, -0.15) is 18.3 Å². The average Bonchev–Trinajstić information content (AvgIpc) is 2.79. The van der Waals surface area contributed by atoms with E-state index in [9.17, 15) is 22.4 Å². The van der Waals surface area contributed by atoms with E-state index in [1.807, 2.05) is 22.6 Å². The van der Waals surface area contributed by atoms with E-state index in [1.54, 1.807) is 37.3 Å². The monoisotopic (exact) mass is 586 g/mol. The Kier molecular flexibility index (Phi) is 8.48. The summed E-state index contributed by atoms with van der Waals surface area (Å²) in [6, 6.07) is 13.7. The van der Waals surface area contributed by atoms with Gasteiger partial charge >= 0.3 is 6.18 Å². The first-order chi connectivity index (χ1) is 16.2. The maximum atomic E-state index is 13.9. The summed E-state index contributed by atoms with van der Waals surface area (Å²) in [4.78, 5) is 12.2. The number of carbonyl (C=O) groups is 1. The molecular weight excluding hydrogens is 567 g/mol. The van der Waals surface area contributed by atoms with Crippen LogP contribution >= 0.6 is 22.6 Å². The van der Waals surface area contributed by atoms with Gasteiger partial charge < -0.3 is 9.47 Å². The van der Waals surface area contributed by atoms with Crippen LogP contribution in [-0.2, 0) is 12.8 Å². The van der Waals surface area contributed by atoms with Crippen LogP contribution in [0.25, 0.3) is 0 Å². The molecule has 0 aromatic heterocycles. The van der Waals surface area contributed by atoms with E-state index >= 15 is 0 Å². The molecule has 0 saturated carbocycles. The Balaban J connectivity index is 1.73. The van der Waals surface area contributed by atoms with Gasteiger partial charge in [0.25, 0.3) is 5.91 Å². The molecule has 5 nitrogen and oxygen atoms in total. The molecular formula is C24H19F4IN2O3. The van der Waals surface area contributed by atoms with Crippen LogP contribution < -0.4 is 14.9 Å². The zero-order valence-corrected chi connectivity index (χ0v) is 20.0. The van der Waals surface area contributed by atoms with Crippen molar-refractivity contribution in [2.75, 3.05) is 6.61 Å². The van der Waals surface area contributed by atoms with Crippen LogP contribution in [0.15, 0.2) is 65.8 Å². The van der Waals surface area contributed by atoms with Crippen LogP contribution in [0.1, 0.15) is 34.0 Å². The molecule has 0 aliphatic carbocycles. The van der Waals surface area contributed by atoms with Gasteiger partial charge in [0.05, 0.1) is 22.0 Å². The number of benzene rings is 3. The van der Waals surface area contributed by atoms with E-state index in [-0.39, 0.29) is 18.0 Å². The lowest BCUT2D eigenvalue weighted by molar-refractivity contribution is -0.137. The van der Waals surface area contributed by atoms with Crippen molar-refractivity contribution < 1.29 is 31.8 Å². The van der Waals surface area contributed by atoms with Crippen molar-refractivity contribution in [3.63, 3.8) is 0 Å². The molecule has 1 amide bonds. The number of hydrogen-bond donors (Lipinski definition) is 1. The number of halogens is 5. The van der Waals surface area contributed by atoms with Crippen LogP contribution in [0.2, 0.25) is 0 Å². The highest BCUT2D eigenvalue weighted by molar-refractivity contribution is 14.1. The molecule has 0 radical (unpaired) electrons. The predicted octanol–water partition coefficient (Wildman–Crippen LogP) is 6.19. The number of carbonyl (C=O) groups excluding carboxylic acids is 1. The Morgan fingerprint density at radius 2 is 1.85 bits per heavy atom. The zero-order valence-electron chi connectivity index (χ0n) is 17.8. The minimum Gasteiger partial charge on any atom is -0.490 e. The molecule has 0 heterocycles. The lowest BCUT2D eigenvalue weighted by atomic mass is 10.1. The number of hydrazone groups is 1. The van der Waals surface area contributed by atoms with Crippen LogP contribution in [0.4, 0.5) is 17.6 Å². The molecule has 34 heavy (non-hydrogen) atoms. The van der Waals surface area contributed by atoms with Crippen molar-refractivity contribution in [2.45, 2.75) is 19.7 Å². The third-order valence-corrected chi connectivity index (χ3v) is 5.29. The number of ether oxygens (including phenoxy) is 2. The van der Waals surface area contributed by atoms with Crippen LogP contribution in [0, 0.1) is 9.39 Å². The average molecular weight is 586 g/mol. The first-order valence-electron chi connectivity index (χ1n) is 10.0. The van der Waals surface area contributed by atoms with Crippen LogP contribution in [0.5, 0.6) is 11.5 Å². The topological polar surface area (TPSA) is 59.9 Å². The van der Waals surface area contributed by atoms with E-state index < -0.39 is 17.6 Å². The third kappa shape index (κ3) is 6.69. The molecule has 0 spiro atoms. The fraction of sp³-hybridized carbons (Fsp3) is 0.167. The van der Waals surface area contributed by atoms with E-state index in [4.69, 9.17) is 9.47 Å². The molecule has 3 aromatic rings. The number of nitrogens with zero attached hydrogens (tertiary/aromatic N) is 1. The fourth-order valence-corrected chi connectivity index (χ4v) is 3.68. The summed E-state index contributed by atoms with van der Waals surface area (Å²) < 4.78 is 64.5. The van der Waals surface area contributed by atoms with Crippen molar-refractivity contribution in [2.24, 2.45) is 5.10 Å². The predicted molar refractivity (Wildman–Crippen MR) is 128 cm³/mol. The summed E-state index contributed by atoms with van der Waals surface area (Å²) >= 11 is 2.03. The third-order valence-electron chi connectivity index (χ3n) is 4.49. The lowest BCUT2D eigenvalue weighted by Crippen LogP contribution is -2.18. The largest absolute Gasteiger partial charge is 0.490 e. The minimum atomic E-state index is -4.55. The van der Waals surface area contributed by atoms with E-state index in [0.717, 1.165) is 18.2 Å². The molecule has 0 unspecified atom stereocenters. The second kappa shape index (κ2) is 11.3. The molecule has 1 N–H and O–H groups in total. The smallest absolute Gasteiger partial charge is 0.416 e. The van der Waals surface area contributed by atoms with Crippen molar-refractivity contribution in [1.82, 2.24) is 5.43 Å². The highest BCUT2D eigenvalue weighted by atomic mass is 127. The van der Waals surface area contributed by atoms with Gasteiger partial charge in [0, 0.05) is 11.1 Å². The molecule has 3 rings (SSSR count). The van der Waals surface area contributed by atoms with Gasteiger partial charge in [-0.25, -0.2) is 9.82 Å². The molecule has 3 aromatic carbocycles. The van der Waals surface area contributed by atoms with Crippen molar-refractivity contribution in [3.05, 3.63) is 92.3 Å². The molecule has 10 heteroatoms. The van der Waals surface area contributed by atoms with Gasteiger partial charge in [-0.05, 0) is 71.5 Å². The first kappa shape index (κ1) is 25.5. The summed E-state index contributed by atoms with van der Waals surface area (Å²) in [5.41, 5.74) is 2.06. The standard InChI is InChI=1S/C24H19F4IN2O3/c1-2-33-21-11-15(10-20(29)22(21)34-14-17-6-3-4-9-19(17)25)13-30-31-23(32)16-7-5-8-18(12-16)24(26,27)28/h3-13H,2,14H2,1H3,(H,31,32)/b30-13-. The number of alkyl halides is 3. The normalized spacial score (nSPS) is 11.5. The van der Waals surface area contributed by atoms with Gasteiger partial charge in [0.15, 0.2) is 11.5 Å². The number of amides is 1. The van der Waals surface area contributed by atoms with Gasteiger partial charge in [0.1, 0.15) is 12.4 Å². The Morgan fingerprint density at radius 3 is 2.56 bits per heavy atom. The van der Waals surface area contributed by atoms with Crippen LogP contribution in [0.3, 0.4) is 0 Å². The highest BCUT2D eigenvalue weighted by Crippen LogP contribution is 2.35. The second-order valence-electron chi connectivity index (χ2n) is 6.92. The van der Waals surface area contributed by atoms with Crippen molar-refractivity contribution in [3.8, 4) is 11.5 Å². The molecule has 0 fully saturated rings. The van der Waals surface area contributed by atoms with E-state index in [0.29, 0.717) is 32.8 Å². The highest BCUT2D eigenvalue weighted by Gasteiger charge is 2.30. The molecule has 178 valence electrons. The van der Waals surface area contributed by atoms with Crippen LogP contribution in [-0.4, -0.2) is 18.7 Å². The molecule has 0 aliphatic rings. The fourth-order valence-electron chi connectivity index (χ4n) is 2.90. The molecule has 0 atom stereocenters. The second-order valence-corrected chi connectivity index (χ2v) is 8.08. The SMILES string of the molecule is CCOc1cc(/C=N\NC(=O)c2cccc(C(F)(F)F)c2)cc(I)c1OCc1ccccc1F. The Bertz CT molecular complexity index is 1200. The Hall–Kier alpha value is -3.15. The number of nitrogens with one attached hydrogen (secondary N) is 1. The zero-order chi connectivity index (χ0) is 24.7. The first-order valence-corrected chi connectivity index (χ1v) is 11.1. The summed E-state index contributed by atoms with van der Waals surface area (Å²) in [5.74, 6) is -0.338.